The largest absolute Gasteiger partial charge is 0.491 e. The smallest absolute Gasteiger partial charge is 0.193 e. The second-order valence-corrected chi connectivity index (χ2v) is 10.00. The Morgan fingerprint density at radius 1 is 0.611 bits per heavy atom. The topological polar surface area (TPSA) is 63.2 Å². The highest BCUT2D eigenvalue weighted by Gasteiger charge is 2.24. The van der Waals surface area contributed by atoms with E-state index >= 15 is 0 Å². The first-order valence-electron chi connectivity index (χ1n) is 12.7. The average molecular weight is 499 g/mol. The molecule has 0 saturated heterocycles. The molecule has 0 fully saturated rings. The summed E-state index contributed by atoms with van der Waals surface area (Å²) in [7, 11) is 0. The minimum Gasteiger partial charge on any atom is -0.491 e. The molecule has 0 unspecified atom stereocenters. The standard InChI is InChI=1S/C30H42O6/c1-18(2)32-24-12-14-26(33-19(3)4)23(17-24)11-13-25(31)29-27(34-20(5)6)15-16-28(35-21(7)8)30(29)36-22(9)10/h11-22H,1-10H3/b13-11+. The molecule has 36 heavy (non-hydrogen) atoms. The van der Waals surface area contributed by atoms with Gasteiger partial charge in [-0.2, -0.15) is 0 Å². The van der Waals surface area contributed by atoms with E-state index in [0.717, 1.165) is 5.56 Å². The zero-order valence-electron chi connectivity index (χ0n) is 23.4. The quantitative estimate of drug-likeness (QED) is 0.210. The third-order valence-corrected chi connectivity index (χ3v) is 4.54. The summed E-state index contributed by atoms with van der Waals surface area (Å²) in [5.41, 5.74) is 1.06. The molecule has 2 rings (SSSR count). The number of ketones is 1. The van der Waals surface area contributed by atoms with Gasteiger partial charge < -0.3 is 23.7 Å². The molecule has 0 amide bonds. The molecule has 2 aromatic carbocycles. The fraction of sp³-hybridized carbons (Fsp3) is 0.500. The van der Waals surface area contributed by atoms with Crippen LogP contribution >= 0.6 is 0 Å². The van der Waals surface area contributed by atoms with Gasteiger partial charge in [0.15, 0.2) is 17.3 Å². The minimum atomic E-state index is -0.263. The van der Waals surface area contributed by atoms with Crippen LogP contribution in [0.25, 0.3) is 6.08 Å². The van der Waals surface area contributed by atoms with E-state index in [2.05, 4.69) is 0 Å². The second kappa shape index (κ2) is 13.2. The fourth-order valence-corrected chi connectivity index (χ4v) is 3.44. The number of hydrogen-bond acceptors (Lipinski definition) is 6. The van der Waals surface area contributed by atoms with Crippen molar-refractivity contribution in [3.63, 3.8) is 0 Å². The molecule has 0 aromatic heterocycles. The normalized spacial score (nSPS) is 11.8. The predicted octanol–water partition coefficient (Wildman–Crippen LogP) is 7.52. The van der Waals surface area contributed by atoms with Gasteiger partial charge in [0.25, 0.3) is 0 Å². The van der Waals surface area contributed by atoms with Gasteiger partial charge in [-0.3, -0.25) is 4.79 Å². The lowest BCUT2D eigenvalue weighted by molar-refractivity contribution is 0.103. The van der Waals surface area contributed by atoms with E-state index in [1.54, 1.807) is 18.2 Å². The lowest BCUT2D eigenvalue weighted by atomic mass is 10.0. The molecule has 0 saturated carbocycles. The first kappa shape index (κ1) is 29.1. The summed E-state index contributed by atoms with van der Waals surface area (Å²) in [6.45, 7) is 19.4. The van der Waals surface area contributed by atoms with Gasteiger partial charge in [-0.05, 0) is 112 Å². The van der Waals surface area contributed by atoms with Crippen molar-refractivity contribution in [1.29, 1.82) is 0 Å². The van der Waals surface area contributed by atoms with Crippen molar-refractivity contribution >= 4 is 11.9 Å². The molecular weight excluding hydrogens is 456 g/mol. The summed E-state index contributed by atoms with van der Waals surface area (Å²) in [5.74, 6) is 2.43. The highest BCUT2D eigenvalue weighted by Crippen LogP contribution is 2.40. The maximum absolute atomic E-state index is 13.7. The summed E-state index contributed by atoms with van der Waals surface area (Å²) in [6, 6.07) is 9.15. The van der Waals surface area contributed by atoms with E-state index in [1.165, 1.54) is 6.08 Å². The van der Waals surface area contributed by atoms with E-state index in [1.807, 2.05) is 87.4 Å². The number of carbonyl (C=O) groups excluding carboxylic acids is 1. The summed E-state index contributed by atoms with van der Waals surface area (Å²) < 4.78 is 29.9. The van der Waals surface area contributed by atoms with Crippen molar-refractivity contribution in [2.75, 3.05) is 0 Å². The van der Waals surface area contributed by atoms with E-state index < -0.39 is 0 Å². The van der Waals surface area contributed by atoms with Gasteiger partial charge in [0.1, 0.15) is 22.8 Å². The number of ether oxygens (including phenoxy) is 5. The van der Waals surface area contributed by atoms with Crippen LogP contribution in [-0.4, -0.2) is 36.3 Å². The van der Waals surface area contributed by atoms with Crippen molar-refractivity contribution in [1.82, 2.24) is 0 Å². The molecule has 0 aliphatic heterocycles. The van der Waals surface area contributed by atoms with Crippen molar-refractivity contribution in [2.45, 2.75) is 99.8 Å². The lowest BCUT2D eigenvalue weighted by Crippen LogP contribution is -2.16. The molecule has 0 spiro atoms. The molecule has 0 aliphatic carbocycles. The van der Waals surface area contributed by atoms with Crippen molar-refractivity contribution in [3.8, 4) is 28.7 Å². The van der Waals surface area contributed by atoms with Gasteiger partial charge in [0.2, 0.25) is 0 Å². The van der Waals surface area contributed by atoms with Gasteiger partial charge in [-0.15, -0.1) is 0 Å². The van der Waals surface area contributed by atoms with Crippen molar-refractivity contribution < 1.29 is 28.5 Å². The Morgan fingerprint density at radius 2 is 1.08 bits per heavy atom. The Bertz CT molecular complexity index is 1030. The number of hydrogen-bond donors (Lipinski definition) is 0. The molecule has 198 valence electrons. The minimum absolute atomic E-state index is 0.0216. The molecular formula is C30H42O6. The summed E-state index contributed by atoms with van der Waals surface area (Å²) in [6.07, 6.45) is 2.87. The summed E-state index contributed by atoms with van der Waals surface area (Å²) in [5, 5.41) is 0. The molecule has 0 aliphatic rings. The van der Waals surface area contributed by atoms with E-state index in [4.69, 9.17) is 23.7 Å². The number of allylic oxidation sites excluding steroid dienone is 1. The van der Waals surface area contributed by atoms with Crippen LogP contribution in [0.3, 0.4) is 0 Å². The maximum atomic E-state index is 13.7. The Morgan fingerprint density at radius 3 is 1.64 bits per heavy atom. The van der Waals surface area contributed by atoms with Crippen molar-refractivity contribution in [3.05, 3.63) is 47.5 Å². The Balaban J connectivity index is 2.60. The molecule has 0 radical (unpaired) electrons. The first-order valence-corrected chi connectivity index (χ1v) is 12.7. The number of carbonyl (C=O) groups is 1. The molecule has 0 bridgehead atoms. The summed E-state index contributed by atoms with van der Waals surface area (Å²) >= 11 is 0. The Labute approximate surface area is 216 Å². The zero-order chi connectivity index (χ0) is 27.0. The molecule has 0 atom stereocenters. The van der Waals surface area contributed by atoms with Gasteiger partial charge in [0.05, 0.1) is 30.5 Å². The Hall–Kier alpha value is -3.15. The molecule has 6 heteroatoms. The van der Waals surface area contributed by atoms with Crippen LogP contribution < -0.4 is 23.7 Å². The fourth-order valence-electron chi connectivity index (χ4n) is 3.44. The predicted molar refractivity (Wildman–Crippen MR) is 145 cm³/mol. The molecule has 0 heterocycles. The third kappa shape index (κ3) is 8.81. The first-order chi connectivity index (χ1) is 16.9. The van der Waals surface area contributed by atoms with Crippen LogP contribution in [0.2, 0.25) is 0 Å². The SMILES string of the molecule is CC(C)Oc1ccc(OC(C)C)c(/C=C/C(=O)c2c(OC(C)C)ccc(OC(C)C)c2OC(C)C)c1. The van der Waals surface area contributed by atoms with Gasteiger partial charge >= 0.3 is 0 Å². The van der Waals surface area contributed by atoms with E-state index in [0.29, 0.717) is 34.3 Å². The third-order valence-electron chi connectivity index (χ3n) is 4.54. The van der Waals surface area contributed by atoms with Crippen LogP contribution in [0.1, 0.15) is 85.2 Å². The Kier molecular flexibility index (Phi) is 10.7. The zero-order valence-corrected chi connectivity index (χ0v) is 23.4. The van der Waals surface area contributed by atoms with Gasteiger partial charge in [0, 0.05) is 5.56 Å². The highest BCUT2D eigenvalue weighted by atomic mass is 16.5. The van der Waals surface area contributed by atoms with Crippen LogP contribution in [0.15, 0.2) is 36.4 Å². The molecule has 0 N–H and O–H groups in total. The summed E-state index contributed by atoms with van der Waals surface area (Å²) in [4.78, 5) is 13.7. The maximum Gasteiger partial charge on any atom is 0.193 e. The number of rotatable bonds is 13. The number of benzene rings is 2. The van der Waals surface area contributed by atoms with E-state index in [9.17, 15) is 4.79 Å². The van der Waals surface area contributed by atoms with Crippen LogP contribution in [0.5, 0.6) is 28.7 Å². The van der Waals surface area contributed by atoms with Crippen LogP contribution in [-0.2, 0) is 0 Å². The van der Waals surface area contributed by atoms with Gasteiger partial charge in [-0.1, -0.05) is 0 Å². The lowest BCUT2D eigenvalue weighted by Gasteiger charge is -2.22. The second-order valence-electron chi connectivity index (χ2n) is 10.00. The molecule has 6 nitrogen and oxygen atoms in total. The van der Waals surface area contributed by atoms with Crippen LogP contribution in [0, 0.1) is 0 Å². The highest BCUT2D eigenvalue weighted by molar-refractivity contribution is 6.11. The van der Waals surface area contributed by atoms with Gasteiger partial charge in [-0.25, -0.2) is 0 Å². The molecule has 2 aromatic rings. The van der Waals surface area contributed by atoms with Crippen LogP contribution in [0.4, 0.5) is 0 Å². The van der Waals surface area contributed by atoms with Crippen molar-refractivity contribution in [2.24, 2.45) is 0 Å². The average Bonchev–Trinajstić information content (AvgIpc) is 2.73. The monoisotopic (exact) mass is 498 g/mol. The van der Waals surface area contributed by atoms with E-state index in [-0.39, 0.29) is 36.3 Å².